The number of esters is 1. The maximum Gasteiger partial charge on any atom is 0.315 e. The van der Waals surface area contributed by atoms with E-state index in [1.165, 1.54) is 0 Å². The van der Waals surface area contributed by atoms with E-state index in [9.17, 15) is 9.59 Å². The Hall–Kier alpha value is -1.75. The number of likely N-dealkylation sites (tertiary alicyclic amines) is 1. The number of amides is 2. The van der Waals surface area contributed by atoms with Crippen LogP contribution in [0.25, 0.3) is 0 Å². The Morgan fingerprint density at radius 2 is 2.05 bits per heavy atom. The van der Waals surface area contributed by atoms with E-state index in [1.807, 2.05) is 12.1 Å². The average molecular weight is 311 g/mol. The van der Waals surface area contributed by atoms with Gasteiger partial charge in [0.2, 0.25) is 0 Å². The first-order valence-corrected chi connectivity index (χ1v) is 7.40. The fourth-order valence-electron chi connectivity index (χ4n) is 2.46. The van der Waals surface area contributed by atoms with E-state index in [1.54, 1.807) is 17.0 Å². The van der Waals surface area contributed by atoms with Gasteiger partial charge in [-0.15, -0.1) is 0 Å². The molecule has 0 bridgehead atoms. The Bertz CT molecular complexity index is 504. The minimum atomic E-state index is -0.449. The van der Waals surface area contributed by atoms with E-state index in [0.29, 0.717) is 24.4 Å². The van der Waals surface area contributed by atoms with Crippen molar-refractivity contribution in [3.05, 3.63) is 34.9 Å². The average Bonchev–Trinajstić information content (AvgIpc) is 2.93. The second kappa shape index (κ2) is 7.31. The molecule has 1 heterocycles. The van der Waals surface area contributed by atoms with Gasteiger partial charge < -0.3 is 15.4 Å². The van der Waals surface area contributed by atoms with Crippen LogP contribution in [-0.2, 0) is 16.0 Å². The van der Waals surface area contributed by atoms with Crippen molar-refractivity contribution in [3.63, 3.8) is 0 Å². The second-order valence-corrected chi connectivity index (χ2v) is 5.57. The normalized spacial score (nSPS) is 17.8. The third-order valence-electron chi connectivity index (χ3n) is 3.63. The maximum absolute atomic E-state index is 11.7. The van der Waals surface area contributed by atoms with Crippen LogP contribution in [-0.4, -0.2) is 36.1 Å². The molecule has 0 saturated carbocycles. The highest BCUT2D eigenvalue weighted by atomic mass is 35.5. The highest BCUT2D eigenvalue weighted by Gasteiger charge is 2.28. The second-order valence-electron chi connectivity index (χ2n) is 5.14. The number of primary amides is 1. The molecule has 1 fully saturated rings. The number of nitrogens with zero attached hydrogens (tertiary/aromatic N) is 1. The van der Waals surface area contributed by atoms with Crippen LogP contribution in [0.5, 0.6) is 0 Å². The van der Waals surface area contributed by atoms with Crippen molar-refractivity contribution in [1.82, 2.24) is 4.90 Å². The first-order chi connectivity index (χ1) is 10.1. The molecule has 0 spiro atoms. The predicted molar refractivity (Wildman–Crippen MR) is 80.0 cm³/mol. The van der Waals surface area contributed by atoms with Gasteiger partial charge in [-0.2, -0.15) is 0 Å². The molecule has 1 aromatic carbocycles. The van der Waals surface area contributed by atoms with Crippen LogP contribution < -0.4 is 5.73 Å². The summed E-state index contributed by atoms with van der Waals surface area (Å²) in [4.78, 5) is 24.5. The van der Waals surface area contributed by atoms with Crippen molar-refractivity contribution >= 4 is 23.6 Å². The van der Waals surface area contributed by atoms with Gasteiger partial charge in [-0.1, -0.05) is 23.7 Å². The molecule has 1 saturated heterocycles. The molecule has 0 radical (unpaired) electrons. The lowest BCUT2D eigenvalue weighted by molar-refractivity contribution is -0.144. The number of carbonyl (C=O) groups is 2. The molecular weight excluding hydrogens is 292 g/mol. The molecule has 1 aliphatic rings. The summed E-state index contributed by atoms with van der Waals surface area (Å²) in [5, 5.41) is 0.675. The lowest BCUT2D eigenvalue weighted by Crippen LogP contribution is -2.41. The van der Waals surface area contributed by atoms with Crippen molar-refractivity contribution < 1.29 is 14.3 Å². The number of rotatable bonds is 5. The summed E-state index contributed by atoms with van der Waals surface area (Å²) in [5.74, 6) is -0.263. The van der Waals surface area contributed by atoms with Gasteiger partial charge in [0.25, 0.3) is 0 Å². The number of hydrogen-bond donors (Lipinski definition) is 1. The van der Waals surface area contributed by atoms with Gasteiger partial charge in [-0.05, 0) is 37.0 Å². The number of hydrogen-bond acceptors (Lipinski definition) is 3. The number of urea groups is 1. The fraction of sp³-hybridized carbons (Fsp3) is 0.467. The Morgan fingerprint density at radius 3 is 2.71 bits per heavy atom. The van der Waals surface area contributed by atoms with Gasteiger partial charge in [0.1, 0.15) is 6.61 Å². The summed E-state index contributed by atoms with van der Waals surface area (Å²) in [6, 6.07) is 6.84. The zero-order chi connectivity index (χ0) is 15.2. The van der Waals surface area contributed by atoms with Crippen LogP contribution in [0.15, 0.2) is 24.3 Å². The van der Waals surface area contributed by atoms with Crippen molar-refractivity contribution in [1.29, 1.82) is 0 Å². The molecule has 21 heavy (non-hydrogen) atoms. The molecule has 1 unspecified atom stereocenters. The predicted octanol–water partition coefficient (Wildman–Crippen LogP) is 2.36. The van der Waals surface area contributed by atoms with E-state index >= 15 is 0 Å². The van der Waals surface area contributed by atoms with Crippen LogP contribution in [0, 0.1) is 0 Å². The first-order valence-electron chi connectivity index (χ1n) is 7.02. The van der Waals surface area contributed by atoms with Crippen LogP contribution >= 0.6 is 11.6 Å². The summed E-state index contributed by atoms with van der Waals surface area (Å²) in [5.41, 5.74) is 6.32. The maximum atomic E-state index is 11.7. The monoisotopic (exact) mass is 310 g/mol. The van der Waals surface area contributed by atoms with Crippen molar-refractivity contribution in [2.75, 3.05) is 13.2 Å². The van der Waals surface area contributed by atoms with Gasteiger partial charge in [-0.25, -0.2) is 4.79 Å². The van der Waals surface area contributed by atoms with Gasteiger partial charge in [0, 0.05) is 18.0 Å². The molecule has 1 aromatic rings. The molecule has 0 aliphatic carbocycles. The summed E-state index contributed by atoms with van der Waals surface area (Å²) in [6.07, 6.45) is 2.65. The number of carbonyl (C=O) groups excluding carboxylic acids is 2. The quantitative estimate of drug-likeness (QED) is 0.849. The topological polar surface area (TPSA) is 72.6 Å². The van der Waals surface area contributed by atoms with Crippen LogP contribution in [0.3, 0.4) is 0 Å². The number of nitrogens with two attached hydrogens (primary N) is 1. The molecule has 5 nitrogen and oxygen atoms in total. The lowest BCUT2D eigenvalue weighted by Gasteiger charge is -2.22. The van der Waals surface area contributed by atoms with Crippen LogP contribution in [0.2, 0.25) is 5.02 Å². The van der Waals surface area contributed by atoms with Gasteiger partial charge >= 0.3 is 12.0 Å². The number of aryl methyl sites for hydroxylation is 1. The zero-order valence-corrected chi connectivity index (χ0v) is 12.5. The van der Waals surface area contributed by atoms with Crippen molar-refractivity contribution in [2.45, 2.75) is 31.7 Å². The Morgan fingerprint density at radius 1 is 1.33 bits per heavy atom. The van der Waals surface area contributed by atoms with Gasteiger partial charge in [0.05, 0.1) is 6.04 Å². The Balaban J connectivity index is 1.72. The van der Waals surface area contributed by atoms with Crippen molar-refractivity contribution in [3.8, 4) is 0 Å². The van der Waals surface area contributed by atoms with E-state index in [-0.39, 0.29) is 18.6 Å². The third-order valence-corrected chi connectivity index (χ3v) is 3.88. The third kappa shape index (κ3) is 4.63. The molecule has 2 rings (SSSR count). The molecule has 6 heteroatoms. The minimum absolute atomic E-state index is 0.0815. The molecule has 1 atom stereocenters. The molecule has 2 amide bonds. The minimum Gasteiger partial charge on any atom is -0.463 e. The molecule has 1 aliphatic heterocycles. The fourth-order valence-corrected chi connectivity index (χ4v) is 2.58. The summed E-state index contributed by atoms with van der Waals surface area (Å²) >= 11 is 5.80. The first kappa shape index (κ1) is 15.6. The number of halogens is 1. The van der Waals surface area contributed by atoms with Crippen LogP contribution in [0.4, 0.5) is 4.79 Å². The molecule has 0 aromatic heterocycles. The van der Waals surface area contributed by atoms with Gasteiger partial charge in [-0.3, -0.25) is 4.79 Å². The zero-order valence-electron chi connectivity index (χ0n) is 11.8. The number of ether oxygens (including phenoxy) is 1. The largest absolute Gasteiger partial charge is 0.463 e. The summed E-state index contributed by atoms with van der Waals surface area (Å²) in [7, 11) is 0. The van der Waals surface area contributed by atoms with E-state index in [0.717, 1.165) is 18.4 Å². The Kier molecular flexibility index (Phi) is 5.44. The standard InChI is InChI=1S/C15H19ClN2O3/c16-12-6-3-11(4-7-12)5-8-14(19)21-10-13-2-1-9-18(13)15(17)20/h3-4,6-7,13H,1-2,5,8-10H2,(H2,17,20). The Labute approximate surface area is 129 Å². The summed E-state index contributed by atoms with van der Waals surface area (Å²) in [6.45, 7) is 0.866. The van der Waals surface area contributed by atoms with E-state index < -0.39 is 6.03 Å². The summed E-state index contributed by atoms with van der Waals surface area (Å²) < 4.78 is 5.24. The number of benzene rings is 1. The van der Waals surface area contributed by atoms with Crippen LogP contribution in [0.1, 0.15) is 24.8 Å². The van der Waals surface area contributed by atoms with E-state index in [4.69, 9.17) is 22.1 Å². The highest BCUT2D eigenvalue weighted by molar-refractivity contribution is 6.30. The molecule has 2 N–H and O–H groups in total. The molecular formula is C15H19ClN2O3. The SMILES string of the molecule is NC(=O)N1CCCC1COC(=O)CCc1ccc(Cl)cc1. The van der Waals surface area contributed by atoms with E-state index in [2.05, 4.69) is 0 Å². The lowest BCUT2D eigenvalue weighted by atomic mass is 10.1. The highest BCUT2D eigenvalue weighted by Crippen LogP contribution is 2.17. The molecule has 114 valence electrons. The van der Waals surface area contributed by atoms with Crippen molar-refractivity contribution in [2.24, 2.45) is 5.73 Å². The van der Waals surface area contributed by atoms with Gasteiger partial charge in [0.15, 0.2) is 0 Å². The smallest absolute Gasteiger partial charge is 0.315 e.